The molecular weight excluding hydrogens is 142 g/mol. The zero-order chi connectivity index (χ0) is 7.56. The van der Waals surface area contributed by atoms with E-state index in [1.54, 1.807) is 0 Å². The van der Waals surface area contributed by atoms with Crippen LogP contribution in [-0.2, 0) is 6.54 Å². The van der Waals surface area contributed by atoms with Crippen molar-refractivity contribution in [1.29, 1.82) is 0 Å². The molecule has 0 saturated heterocycles. The summed E-state index contributed by atoms with van der Waals surface area (Å²) in [6, 6.07) is 0. The van der Waals surface area contributed by atoms with Gasteiger partial charge >= 0.3 is 0 Å². The van der Waals surface area contributed by atoms with Crippen molar-refractivity contribution in [2.24, 2.45) is 5.73 Å². The van der Waals surface area contributed by atoms with Crippen molar-refractivity contribution in [3.05, 3.63) is 17.8 Å². The predicted octanol–water partition coefficient (Wildman–Crippen LogP) is 1.07. The van der Waals surface area contributed by atoms with Gasteiger partial charge < -0.3 is 10.2 Å². The first-order chi connectivity index (χ1) is 4.75. The lowest BCUT2D eigenvalue weighted by atomic mass is 10.3. The molecule has 1 heterocycles. The Hall–Kier alpha value is -0.970. The number of rotatable bonds is 2. The summed E-state index contributed by atoms with van der Waals surface area (Å²) < 4.78 is 28.1. The molecule has 0 aromatic carbocycles. The van der Waals surface area contributed by atoms with Crippen molar-refractivity contribution in [1.82, 2.24) is 4.98 Å². The largest absolute Gasteiger partial charge is 0.442 e. The van der Waals surface area contributed by atoms with Gasteiger partial charge in [0.2, 0.25) is 0 Å². The first-order valence-corrected chi connectivity index (χ1v) is 2.66. The lowest BCUT2D eigenvalue weighted by molar-refractivity contribution is 0.120. The van der Waals surface area contributed by atoms with Crippen LogP contribution < -0.4 is 5.73 Å². The number of hydrogen-bond donors (Lipinski definition) is 1. The van der Waals surface area contributed by atoms with Crippen LogP contribution in [0.2, 0.25) is 0 Å². The van der Waals surface area contributed by atoms with Gasteiger partial charge in [0, 0.05) is 6.54 Å². The molecule has 0 saturated carbocycles. The number of aromatic nitrogens is 1. The Morgan fingerprint density at radius 3 is 2.80 bits per heavy atom. The number of nitrogens with two attached hydrogens (primary N) is 1. The standard InChI is InChI=1S/C5H6F2N2O/c6-5(7)4-3(1-8)9-2-10-4/h2,5H,1,8H2. The third-order valence-electron chi connectivity index (χ3n) is 1.06. The monoisotopic (exact) mass is 148 g/mol. The SMILES string of the molecule is NCc1ncoc1C(F)F. The highest BCUT2D eigenvalue weighted by molar-refractivity contribution is 5.07. The second-order valence-electron chi connectivity index (χ2n) is 1.67. The molecule has 2 N–H and O–H groups in total. The third kappa shape index (κ3) is 1.13. The van der Waals surface area contributed by atoms with Gasteiger partial charge in [-0.2, -0.15) is 0 Å². The fraction of sp³-hybridized carbons (Fsp3) is 0.400. The highest BCUT2D eigenvalue weighted by Gasteiger charge is 2.16. The maximum absolute atomic E-state index is 11.9. The summed E-state index contributed by atoms with van der Waals surface area (Å²) >= 11 is 0. The summed E-state index contributed by atoms with van der Waals surface area (Å²) in [4.78, 5) is 3.48. The van der Waals surface area contributed by atoms with Gasteiger partial charge in [-0.15, -0.1) is 0 Å². The van der Waals surface area contributed by atoms with Crippen LogP contribution in [-0.4, -0.2) is 4.98 Å². The van der Waals surface area contributed by atoms with E-state index in [9.17, 15) is 8.78 Å². The van der Waals surface area contributed by atoms with Gasteiger partial charge in [-0.3, -0.25) is 0 Å². The minimum Gasteiger partial charge on any atom is -0.442 e. The Morgan fingerprint density at radius 2 is 2.40 bits per heavy atom. The van der Waals surface area contributed by atoms with E-state index >= 15 is 0 Å². The number of halogens is 2. The summed E-state index contributed by atoms with van der Waals surface area (Å²) in [5, 5.41) is 0. The Kier molecular flexibility index (Phi) is 1.96. The van der Waals surface area contributed by atoms with Gasteiger partial charge in [-0.1, -0.05) is 0 Å². The number of nitrogens with zero attached hydrogens (tertiary/aromatic N) is 1. The molecule has 0 atom stereocenters. The summed E-state index contributed by atoms with van der Waals surface area (Å²) in [6.45, 7) is -0.0177. The molecule has 10 heavy (non-hydrogen) atoms. The molecule has 0 fully saturated rings. The molecule has 56 valence electrons. The normalized spacial score (nSPS) is 10.8. The second-order valence-corrected chi connectivity index (χ2v) is 1.67. The molecule has 0 aliphatic carbocycles. The smallest absolute Gasteiger partial charge is 0.297 e. The molecule has 0 bridgehead atoms. The van der Waals surface area contributed by atoms with Crippen LogP contribution in [0.1, 0.15) is 17.9 Å². The fourth-order valence-electron chi connectivity index (χ4n) is 0.609. The lowest BCUT2D eigenvalue weighted by Crippen LogP contribution is -2.00. The lowest BCUT2D eigenvalue weighted by Gasteiger charge is -1.93. The fourth-order valence-corrected chi connectivity index (χ4v) is 0.609. The van der Waals surface area contributed by atoms with Gasteiger partial charge in [-0.25, -0.2) is 13.8 Å². The van der Waals surface area contributed by atoms with E-state index in [0.717, 1.165) is 6.39 Å². The Morgan fingerprint density at radius 1 is 1.70 bits per heavy atom. The van der Waals surface area contributed by atoms with Crippen molar-refractivity contribution in [3.63, 3.8) is 0 Å². The number of alkyl halides is 2. The van der Waals surface area contributed by atoms with Crippen molar-refractivity contribution in [2.45, 2.75) is 13.0 Å². The van der Waals surface area contributed by atoms with Gasteiger partial charge in [-0.05, 0) is 0 Å². The molecule has 0 unspecified atom stereocenters. The van der Waals surface area contributed by atoms with E-state index in [4.69, 9.17) is 5.73 Å². The molecule has 0 amide bonds. The molecule has 0 aliphatic rings. The molecule has 0 aliphatic heterocycles. The number of oxazole rings is 1. The van der Waals surface area contributed by atoms with Gasteiger partial charge in [0.15, 0.2) is 12.2 Å². The average molecular weight is 148 g/mol. The first kappa shape index (κ1) is 7.14. The van der Waals surface area contributed by atoms with E-state index < -0.39 is 12.2 Å². The van der Waals surface area contributed by atoms with Gasteiger partial charge in [0.05, 0.1) is 0 Å². The van der Waals surface area contributed by atoms with Crippen LogP contribution in [0.15, 0.2) is 10.8 Å². The average Bonchev–Trinajstić information content (AvgIpc) is 2.33. The molecule has 1 aromatic rings. The third-order valence-corrected chi connectivity index (χ3v) is 1.06. The first-order valence-electron chi connectivity index (χ1n) is 2.66. The molecule has 1 rings (SSSR count). The zero-order valence-corrected chi connectivity index (χ0v) is 5.05. The highest BCUT2D eigenvalue weighted by Crippen LogP contribution is 2.20. The van der Waals surface area contributed by atoms with Crippen molar-refractivity contribution >= 4 is 0 Å². The van der Waals surface area contributed by atoms with Crippen LogP contribution in [0.5, 0.6) is 0 Å². The molecule has 5 heteroatoms. The van der Waals surface area contributed by atoms with Crippen LogP contribution in [0, 0.1) is 0 Å². The minimum absolute atomic E-state index is 0.0177. The summed E-state index contributed by atoms with van der Waals surface area (Å²) in [7, 11) is 0. The summed E-state index contributed by atoms with van der Waals surface area (Å²) in [5.74, 6) is -0.428. The second kappa shape index (κ2) is 2.74. The van der Waals surface area contributed by atoms with E-state index in [0.29, 0.717) is 0 Å². The summed E-state index contributed by atoms with van der Waals surface area (Å²) in [6.07, 6.45) is -1.66. The van der Waals surface area contributed by atoms with Crippen molar-refractivity contribution in [2.75, 3.05) is 0 Å². The number of hydrogen-bond acceptors (Lipinski definition) is 3. The Bertz CT molecular complexity index is 211. The summed E-state index contributed by atoms with van der Waals surface area (Å²) in [5.41, 5.74) is 5.20. The van der Waals surface area contributed by atoms with E-state index in [1.807, 2.05) is 0 Å². The van der Waals surface area contributed by atoms with Gasteiger partial charge in [0.1, 0.15) is 5.69 Å². The quantitative estimate of drug-likeness (QED) is 0.682. The van der Waals surface area contributed by atoms with Crippen LogP contribution in [0.3, 0.4) is 0 Å². The topological polar surface area (TPSA) is 52.0 Å². The van der Waals surface area contributed by atoms with E-state index in [1.165, 1.54) is 0 Å². The van der Waals surface area contributed by atoms with Crippen LogP contribution in [0.25, 0.3) is 0 Å². The van der Waals surface area contributed by atoms with Crippen LogP contribution in [0.4, 0.5) is 8.78 Å². The molecule has 0 spiro atoms. The van der Waals surface area contributed by atoms with Crippen molar-refractivity contribution in [3.8, 4) is 0 Å². The Labute approximate surface area is 55.8 Å². The van der Waals surface area contributed by atoms with E-state index in [-0.39, 0.29) is 12.2 Å². The minimum atomic E-state index is -2.62. The predicted molar refractivity (Wildman–Crippen MR) is 29.4 cm³/mol. The molecule has 3 nitrogen and oxygen atoms in total. The van der Waals surface area contributed by atoms with Crippen molar-refractivity contribution < 1.29 is 13.2 Å². The zero-order valence-electron chi connectivity index (χ0n) is 5.05. The molecule has 1 aromatic heterocycles. The van der Waals surface area contributed by atoms with Gasteiger partial charge in [0.25, 0.3) is 6.43 Å². The maximum Gasteiger partial charge on any atom is 0.297 e. The highest BCUT2D eigenvalue weighted by atomic mass is 19.3. The molecule has 0 radical (unpaired) electrons. The molecular formula is C5H6F2N2O. The van der Waals surface area contributed by atoms with E-state index in [2.05, 4.69) is 9.40 Å². The maximum atomic E-state index is 11.9. The van der Waals surface area contributed by atoms with Crippen LogP contribution >= 0.6 is 0 Å². The Balaban J connectivity index is 2.90.